The van der Waals surface area contributed by atoms with E-state index in [0.717, 1.165) is 0 Å². The summed E-state index contributed by atoms with van der Waals surface area (Å²) in [5.41, 5.74) is -1.45. The largest absolute Gasteiger partial charge is 0.347 e. The molecular formula is C22H20N2O5. The predicted octanol–water partition coefficient (Wildman–Crippen LogP) is 3.26. The van der Waals surface area contributed by atoms with Crippen LogP contribution in [0.15, 0.2) is 60.7 Å². The summed E-state index contributed by atoms with van der Waals surface area (Å²) in [5, 5.41) is 0. The lowest BCUT2D eigenvalue weighted by atomic mass is 9.77. The number of hydrogen-bond donors (Lipinski definition) is 0. The maximum absolute atomic E-state index is 13.2. The van der Waals surface area contributed by atoms with Crippen LogP contribution in [0.1, 0.15) is 47.4 Å². The first-order valence-electron chi connectivity index (χ1n) is 9.30. The second-order valence-corrected chi connectivity index (χ2v) is 6.70. The Labute approximate surface area is 167 Å². The molecule has 1 saturated heterocycles. The molecule has 0 spiro atoms. The van der Waals surface area contributed by atoms with Gasteiger partial charge in [0.05, 0.1) is 0 Å². The molecule has 1 heterocycles. The minimum Gasteiger partial charge on any atom is -0.273 e. The van der Waals surface area contributed by atoms with Crippen molar-refractivity contribution in [1.29, 1.82) is 0 Å². The van der Waals surface area contributed by atoms with Gasteiger partial charge in [0.25, 0.3) is 23.6 Å². The number of amides is 6. The van der Waals surface area contributed by atoms with Gasteiger partial charge in [0.15, 0.2) is 0 Å². The molecule has 148 valence electrons. The Kier molecular flexibility index (Phi) is 5.41. The summed E-state index contributed by atoms with van der Waals surface area (Å²) < 4.78 is 0. The third-order valence-electron chi connectivity index (χ3n) is 5.26. The van der Waals surface area contributed by atoms with Gasteiger partial charge in [-0.15, -0.1) is 0 Å². The van der Waals surface area contributed by atoms with E-state index < -0.39 is 35.1 Å². The number of benzene rings is 2. The predicted molar refractivity (Wildman–Crippen MR) is 104 cm³/mol. The lowest BCUT2D eigenvalue weighted by Crippen LogP contribution is -2.67. The van der Waals surface area contributed by atoms with E-state index in [-0.39, 0.29) is 24.0 Å². The van der Waals surface area contributed by atoms with Crippen LogP contribution in [0.5, 0.6) is 0 Å². The minimum atomic E-state index is -1.66. The zero-order chi connectivity index (χ0) is 21.2. The lowest BCUT2D eigenvalue weighted by molar-refractivity contribution is -0.155. The van der Waals surface area contributed by atoms with E-state index in [9.17, 15) is 24.0 Å². The highest BCUT2D eigenvalue weighted by atomic mass is 16.2. The van der Waals surface area contributed by atoms with E-state index >= 15 is 0 Å². The Morgan fingerprint density at radius 2 is 1.03 bits per heavy atom. The van der Waals surface area contributed by atoms with Crippen LogP contribution in [0, 0.1) is 5.41 Å². The molecule has 0 saturated carbocycles. The molecule has 2 aromatic carbocycles. The molecule has 0 radical (unpaired) electrons. The SMILES string of the molecule is CCC1(CC)C(=O)N(C(=O)c2ccccc2)C(=O)N(C(=O)c2ccccc2)C1=O. The van der Waals surface area contributed by atoms with Crippen molar-refractivity contribution in [2.45, 2.75) is 26.7 Å². The summed E-state index contributed by atoms with van der Waals surface area (Å²) in [5.74, 6) is -3.54. The first-order chi connectivity index (χ1) is 13.9. The molecule has 0 aliphatic carbocycles. The highest BCUT2D eigenvalue weighted by Crippen LogP contribution is 2.37. The number of hydrogen-bond acceptors (Lipinski definition) is 5. The van der Waals surface area contributed by atoms with Gasteiger partial charge >= 0.3 is 6.03 Å². The smallest absolute Gasteiger partial charge is 0.273 e. The number of barbiturate groups is 1. The molecular weight excluding hydrogens is 372 g/mol. The molecule has 2 aromatic rings. The zero-order valence-corrected chi connectivity index (χ0v) is 16.1. The topological polar surface area (TPSA) is 91.8 Å². The second kappa shape index (κ2) is 7.79. The molecule has 0 bridgehead atoms. The number of carbonyl (C=O) groups excluding carboxylic acids is 5. The summed E-state index contributed by atoms with van der Waals surface area (Å²) in [6, 6.07) is 14.3. The number of nitrogens with zero attached hydrogens (tertiary/aromatic N) is 2. The Balaban J connectivity index is 2.13. The summed E-state index contributed by atoms with van der Waals surface area (Å²) in [6.07, 6.45) is 0.0944. The fraction of sp³-hybridized carbons (Fsp3) is 0.227. The van der Waals surface area contributed by atoms with Crippen LogP contribution in [0.3, 0.4) is 0 Å². The van der Waals surface area contributed by atoms with Crippen molar-refractivity contribution in [1.82, 2.24) is 9.80 Å². The molecule has 0 atom stereocenters. The van der Waals surface area contributed by atoms with Crippen LogP contribution in [0.2, 0.25) is 0 Å². The van der Waals surface area contributed by atoms with Crippen molar-refractivity contribution in [3.63, 3.8) is 0 Å². The maximum atomic E-state index is 13.2. The minimum absolute atomic E-state index is 0.0472. The number of rotatable bonds is 4. The van der Waals surface area contributed by atoms with Gasteiger partial charge in [-0.1, -0.05) is 50.2 Å². The highest BCUT2D eigenvalue weighted by Gasteiger charge is 2.59. The molecule has 6 amide bonds. The fourth-order valence-electron chi connectivity index (χ4n) is 3.43. The van der Waals surface area contributed by atoms with Crippen molar-refractivity contribution in [2.24, 2.45) is 5.41 Å². The summed E-state index contributed by atoms with van der Waals surface area (Å²) in [6.45, 7) is 3.23. The van der Waals surface area contributed by atoms with Gasteiger partial charge in [0.1, 0.15) is 5.41 Å². The third kappa shape index (κ3) is 3.14. The fourth-order valence-corrected chi connectivity index (χ4v) is 3.43. The van der Waals surface area contributed by atoms with E-state index in [0.29, 0.717) is 9.80 Å². The van der Waals surface area contributed by atoms with Gasteiger partial charge in [-0.25, -0.2) is 4.79 Å². The number of urea groups is 1. The van der Waals surface area contributed by atoms with E-state index in [1.807, 2.05) is 0 Å². The first kappa shape index (κ1) is 20.1. The van der Waals surface area contributed by atoms with Crippen LogP contribution in [-0.4, -0.2) is 39.5 Å². The van der Waals surface area contributed by atoms with Gasteiger partial charge in [0.2, 0.25) is 0 Å². The molecule has 0 aromatic heterocycles. The van der Waals surface area contributed by atoms with Gasteiger partial charge in [0, 0.05) is 11.1 Å². The van der Waals surface area contributed by atoms with Gasteiger partial charge in [-0.05, 0) is 37.1 Å². The van der Waals surface area contributed by atoms with Crippen molar-refractivity contribution in [3.8, 4) is 0 Å². The van der Waals surface area contributed by atoms with E-state index in [1.165, 1.54) is 24.3 Å². The van der Waals surface area contributed by atoms with Crippen LogP contribution in [0.25, 0.3) is 0 Å². The monoisotopic (exact) mass is 392 g/mol. The highest BCUT2D eigenvalue weighted by molar-refractivity contribution is 6.33. The summed E-state index contributed by atoms with van der Waals surface area (Å²) in [4.78, 5) is 66.2. The van der Waals surface area contributed by atoms with Gasteiger partial charge < -0.3 is 0 Å². The van der Waals surface area contributed by atoms with E-state index in [1.54, 1.807) is 50.2 Å². The number of carbonyl (C=O) groups is 5. The molecule has 1 fully saturated rings. The molecule has 3 rings (SSSR count). The van der Waals surface area contributed by atoms with Crippen LogP contribution < -0.4 is 0 Å². The summed E-state index contributed by atoms with van der Waals surface area (Å²) >= 11 is 0. The van der Waals surface area contributed by atoms with Crippen molar-refractivity contribution in [3.05, 3.63) is 71.8 Å². The van der Waals surface area contributed by atoms with Crippen LogP contribution in [0.4, 0.5) is 4.79 Å². The van der Waals surface area contributed by atoms with Crippen molar-refractivity contribution >= 4 is 29.7 Å². The molecule has 0 N–H and O–H groups in total. The van der Waals surface area contributed by atoms with Gasteiger partial charge in [-0.2, -0.15) is 9.80 Å². The Morgan fingerprint density at radius 3 is 1.34 bits per heavy atom. The number of imide groups is 6. The zero-order valence-electron chi connectivity index (χ0n) is 16.1. The Hall–Kier alpha value is -3.61. The molecule has 29 heavy (non-hydrogen) atoms. The van der Waals surface area contributed by atoms with Crippen LogP contribution >= 0.6 is 0 Å². The molecule has 1 aliphatic rings. The molecule has 1 aliphatic heterocycles. The Bertz CT molecular complexity index is 905. The third-order valence-corrected chi connectivity index (χ3v) is 5.26. The van der Waals surface area contributed by atoms with E-state index in [2.05, 4.69) is 0 Å². The average Bonchev–Trinajstić information content (AvgIpc) is 2.76. The average molecular weight is 392 g/mol. The molecule has 7 heteroatoms. The quantitative estimate of drug-likeness (QED) is 0.588. The molecule has 0 unspecified atom stereocenters. The van der Waals surface area contributed by atoms with E-state index in [4.69, 9.17) is 0 Å². The second-order valence-electron chi connectivity index (χ2n) is 6.70. The first-order valence-corrected chi connectivity index (χ1v) is 9.30. The molecule has 7 nitrogen and oxygen atoms in total. The Morgan fingerprint density at radius 1 is 0.690 bits per heavy atom. The lowest BCUT2D eigenvalue weighted by Gasteiger charge is -2.41. The normalized spacial score (nSPS) is 16.1. The van der Waals surface area contributed by atoms with Crippen molar-refractivity contribution in [2.75, 3.05) is 0 Å². The van der Waals surface area contributed by atoms with Crippen LogP contribution in [-0.2, 0) is 9.59 Å². The van der Waals surface area contributed by atoms with Crippen molar-refractivity contribution < 1.29 is 24.0 Å². The maximum Gasteiger partial charge on any atom is 0.347 e. The summed E-state index contributed by atoms with van der Waals surface area (Å²) in [7, 11) is 0. The standard InChI is InChI=1S/C22H20N2O5/c1-3-22(4-2)19(27)23(17(25)15-11-7-5-8-12-15)21(29)24(20(22)28)18(26)16-13-9-6-10-14-16/h5-14H,3-4H2,1-2H3. The van der Waals surface area contributed by atoms with Gasteiger partial charge in [-0.3, -0.25) is 19.2 Å².